The van der Waals surface area contributed by atoms with E-state index >= 15 is 0 Å². The lowest BCUT2D eigenvalue weighted by Gasteiger charge is -2.20. The van der Waals surface area contributed by atoms with Crippen LogP contribution in [-0.4, -0.2) is 26.5 Å². The summed E-state index contributed by atoms with van der Waals surface area (Å²) in [6, 6.07) is 13.6. The van der Waals surface area contributed by atoms with Gasteiger partial charge in [0.2, 0.25) is 5.91 Å². The monoisotopic (exact) mass is 253 g/mol. The van der Waals surface area contributed by atoms with Crippen molar-refractivity contribution in [2.75, 3.05) is 25.5 Å². The number of nitriles is 1. The minimum Gasteiger partial charge on any atom is -0.365 e. The Morgan fingerprint density at radius 1 is 1.26 bits per heavy atom. The molecule has 4 heteroatoms. The van der Waals surface area contributed by atoms with Crippen LogP contribution in [0.3, 0.4) is 0 Å². The molecule has 19 heavy (non-hydrogen) atoms. The number of amides is 1. The molecule has 2 aromatic carbocycles. The van der Waals surface area contributed by atoms with Gasteiger partial charge in [0.05, 0.1) is 18.2 Å². The zero-order valence-corrected chi connectivity index (χ0v) is 11.0. The number of hydrogen-bond donors (Lipinski definition) is 1. The Morgan fingerprint density at radius 3 is 2.58 bits per heavy atom. The van der Waals surface area contributed by atoms with Crippen LogP contribution in [0, 0.1) is 11.3 Å². The SMILES string of the molecule is CNC(=O)CN(C)c1ccc(C#N)c2ccccc12. The molecule has 96 valence electrons. The molecule has 1 amide bonds. The van der Waals surface area contributed by atoms with Crippen molar-refractivity contribution in [1.29, 1.82) is 5.26 Å². The summed E-state index contributed by atoms with van der Waals surface area (Å²) in [6.45, 7) is 0.284. The van der Waals surface area contributed by atoms with Gasteiger partial charge in [0.25, 0.3) is 0 Å². The van der Waals surface area contributed by atoms with E-state index in [0.29, 0.717) is 5.56 Å². The molecule has 0 saturated heterocycles. The first-order valence-electron chi connectivity index (χ1n) is 6.01. The minimum absolute atomic E-state index is 0.0454. The quantitative estimate of drug-likeness (QED) is 0.908. The Bertz CT molecular complexity index is 658. The number of benzene rings is 2. The van der Waals surface area contributed by atoms with Gasteiger partial charge in [0.1, 0.15) is 0 Å². The zero-order valence-electron chi connectivity index (χ0n) is 11.0. The standard InChI is InChI=1S/C15H15N3O/c1-17-15(19)10-18(2)14-8-7-11(9-16)12-5-3-4-6-13(12)14/h3-8H,10H2,1-2H3,(H,17,19). The van der Waals surface area contributed by atoms with Crippen molar-refractivity contribution in [2.24, 2.45) is 0 Å². The summed E-state index contributed by atoms with van der Waals surface area (Å²) in [5.74, 6) is -0.0454. The van der Waals surface area contributed by atoms with E-state index in [2.05, 4.69) is 11.4 Å². The van der Waals surface area contributed by atoms with E-state index < -0.39 is 0 Å². The van der Waals surface area contributed by atoms with Gasteiger partial charge in [-0.25, -0.2) is 0 Å². The molecule has 0 unspecified atom stereocenters. The molecule has 1 N–H and O–H groups in total. The third-order valence-corrected chi connectivity index (χ3v) is 3.09. The second kappa shape index (κ2) is 5.40. The molecule has 0 radical (unpaired) electrons. The van der Waals surface area contributed by atoms with E-state index in [1.807, 2.05) is 42.3 Å². The molecule has 0 heterocycles. The number of carbonyl (C=O) groups is 1. The van der Waals surface area contributed by atoms with Gasteiger partial charge in [0, 0.05) is 30.6 Å². The van der Waals surface area contributed by atoms with Crippen LogP contribution in [0.15, 0.2) is 36.4 Å². The summed E-state index contributed by atoms with van der Waals surface area (Å²) in [7, 11) is 3.48. The van der Waals surface area contributed by atoms with Crippen molar-refractivity contribution < 1.29 is 4.79 Å². The molecule has 0 fully saturated rings. The maximum absolute atomic E-state index is 11.4. The smallest absolute Gasteiger partial charge is 0.239 e. The molecule has 0 spiro atoms. The second-order valence-electron chi connectivity index (χ2n) is 4.32. The Kier molecular flexibility index (Phi) is 3.67. The number of fused-ring (bicyclic) bond motifs is 1. The molecule has 0 aliphatic rings. The van der Waals surface area contributed by atoms with E-state index in [1.54, 1.807) is 13.1 Å². The van der Waals surface area contributed by atoms with Gasteiger partial charge in [0.15, 0.2) is 0 Å². The Hall–Kier alpha value is -2.54. The third-order valence-electron chi connectivity index (χ3n) is 3.09. The fourth-order valence-electron chi connectivity index (χ4n) is 2.09. The summed E-state index contributed by atoms with van der Waals surface area (Å²) in [4.78, 5) is 13.3. The van der Waals surface area contributed by atoms with Crippen LogP contribution in [-0.2, 0) is 4.79 Å². The van der Waals surface area contributed by atoms with Gasteiger partial charge in [-0.05, 0) is 12.1 Å². The molecule has 0 aliphatic heterocycles. The van der Waals surface area contributed by atoms with Crippen LogP contribution in [0.4, 0.5) is 5.69 Å². The summed E-state index contributed by atoms with van der Waals surface area (Å²) in [6.07, 6.45) is 0. The van der Waals surface area contributed by atoms with Gasteiger partial charge in [-0.2, -0.15) is 5.26 Å². The van der Waals surface area contributed by atoms with Crippen LogP contribution in [0.1, 0.15) is 5.56 Å². The lowest BCUT2D eigenvalue weighted by molar-refractivity contribution is -0.119. The van der Waals surface area contributed by atoms with Crippen molar-refractivity contribution in [3.05, 3.63) is 42.0 Å². The van der Waals surface area contributed by atoms with Crippen LogP contribution in [0.5, 0.6) is 0 Å². The Balaban J connectivity index is 2.51. The van der Waals surface area contributed by atoms with Gasteiger partial charge in [-0.1, -0.05) is 24.3 Å². The lowest BCUT2D eigenvalue weighted by atomic mass is 10.0. The molecular formula is C15H15N3O. The van der Waals surface area contributed by atoms with E-state index in [0.717, 1.165) is 16.5 Å². The van der Waals surface area contributed by atoms with Crippen molar-refractivity contribution in [1.82, 2.24) is 5.32 Å². The molecule has 2 rings (SSSR count). The zero-order chi connectivity index (χ0) is 13.8. The van der Waals surface area contributed by atoms with Crippen LogP contribution in [0.25, 0.3) is 10.8 Å². The van der Waals surface area contributed by atoms with Crippen LogP contribution < -0.4 is 10.2 Å². The molecule has 0 aromatic heterocycles. The fraction of sp³-hybridized carbons (Fsp3) is 0.200. The fourth-order valence-corrected chi connectivity index (χ4v) is 2.09. The predicted molar refractivity (Wildman–Crippen MR) is 76.0 cm³/mol. The average molecular weight is 253 g/mol. The van der Waals surface area contributed by atoms with Gasteiger partial charge in [-0.15, -0.1) is 0 Å². The summed E-state index contributed by atoms with van der Waals surface area (Å²) in [5.41, 5.74) is 1.59. The largest absolute Gasteiger partial charge is 0.365 e. The van der Waals surface area contributed by atoms with Crippen molar-refractivity contribution in [3.63, 3.8) is 0 Å². The number of anilines is 1. The second-order valence-corrected chi connectivity index (χ2v) is 4.32. The third kappa shape index (κ3) is 2.50. The minimum atomic E-state index is -0.0454. The molecular weight excluding hydrogens is 238 g/mol. The van der Waals surface area contributed by atoms with Crippen LogP contribution in [0.2, 0.25) is 0 Å². The average Bonchev–Trinajstić information content (AvgIpc) is 2.45. The first-order chi connectivity index (χ1) is 9.17. The molecule has 0 aliphatic carbocycles. The predicted octanol–water partition coefficient (Wildman–Crippen LogP) is 1.89. The van der Waals surface area contributed by atoms with E-state index in [9.17, 15) is 4.79 Å². The van der Waals surface area contributed by atoms with Crippen molar-refractivity contribution in [3.8, 4) is 6.07 Å². The number of carbonyl (C=O) groups excluding carboxylic acids is 1. The topological polar surface area (TPSA) is 56.1 Å². The summed E-state index contributed by atoms with van der Waals surface area (Å²) < 4.78 is 0. The lowest BCUT2D eigenvalue weighted by Crippen LogP contribution is -2.33. The number of nitrogens with zero attached hydrogens (tertiary/aromatic N) is 2. The first kappa shape index (κ1) is 12.9. The van der Waals surface area contributed by atoms with Crippen LogP contribution >= 0.6 is 0 Å². The summed E-state index contributed by atoms with van der Waals surface area (Å²) in [5, 5.41) is 13.6. The van der Waals surface area contributed by atoms with E-state index in [1.165, 1.54) is 0 Å². The first-order valence-corrected chi connectivity index (χ1v) is 6.01. The Labute approximate surface area is 112 Å². The Morgan fingerprint density at radius 2 is 1.95 bits per heavy atom. The number of likely N-dealkylation sites (N-methyl/N-ethyl adjacent to an activating group) is 2. The maximum Gasteiger partial charge on any atom is 0.239 e. The molecule has 0 bridgehead atoms. The highest BCUT2D eigenvalue weighted by Gasteiger charge is 2.11. The molecule has 4 nitrogen and oxygen atoms in total. The van der Waals surface area contributed by atoms with Crippen molar-refractivity contribution in [2.45, 2.75) is 0 Å². The van der Waals surface area contributed by atoms with Gasteiger partial charge in [-0.3, -0.25) is 4.79 Å². The highest BCUT2D eigenvalue weighted by Crippen LogP contribution is 2.28. The highest BCUT2D eigenvalue weighted by molar-refractivity contribution is 5.98. The molecule has 2 aromatic rings. The number of rotatable bonds is 3. The normalized spacial score (nSPS) is 9.95. The van der Waals surface area contributed by atoms with Gasteiger partial charge < -0.3 is 10.2 Å². The van der Waals surface area contributed by atoms with Gasteiger partial charge >= 0.3 is 0 Å². The molecule has 0 atom stereocenters. The van der Waals surface area contributed by atoms with E-state index in [-0.39, 0.29) is 12.5 Å². The highest BCUT2D eigenvalue weighted by atomic mass is 16.1. The number of nitrogens with one attached hydrogen (secondary N) is 1. The van der Waals surface area contributed by atoms with E-state index in [4.69, 9.17) is 5.26 Å². The summed E-state index contributed by atoms with van der Waals surface area (Å²) >= 11 is 0. The molecule has 0 saturated carbocycles. The maximum atomic E-state index is 11.4. The number of hydrogen-bond acceptors (Lipinski definition) is 3. The van der Waals surface area contributed by atoms with Crippen molar-refractivity contribution >= 4 is 22.4 Å².